The minimum Gasteiger partial charge on any atom is -0.308 e. The third-order valence-corrected chi connectivity index (χ3v) is 4.48. The van der Waals surface area contributed by atoms with Gasteiger partial charge in [0.05, 0.1) is 8.71 Å². The number of non-ortho nitro benzene ring substituents is 1. The number of thiophene rings is 1. The van der Waals surface area contributed by atoms with Crippen LogP contribution in [0.2, 0.25) is 5.02 Å². The Labute approximate surface area is 127 Å². The van der Waals surface area contributed by atoms with Gasteiger partial charge in [-0.3, -0.25) is 10.1 Å². The number of rotatable bonds is 5. The molecule has 0 bridgehead atoms. The third-order valence-electron chi connectivity index (χ3n) is 2.48. The third kappa shape index (κ3) is 4.01. The van der Waals surface area contributed by atoms with Crippen molar-refractivity contribution in [3.05, 3.63) is 59.7 Å². The van der Waals surface area contributed by atoms with Gasteiger partial charge in [0.15, 0.2) is 0 Å². The second-order valence-electron chi connectivity index (χ2n) is 3.84. The summed E-state index contributed by atoms with van der Waals surface area (Å²) in [6.07, 6.45) is 0. The van der Waals surface area contributed by atoms with Gasteiger partial charge in [0.2, 0.25) is 0 Å². The molecule has 0 fully saturated rings. The number of nitrogens with zero attached hydrogens (tertiary/aromatic N) is 1. The molecule has 1 aromatic carbocycles. The summed E-state index contributed by atoms with van der Waals surface area (Å²) in [6, 6.07) is 8.47. The molecule has 0 unspecified atom stereocenters. The second kappa shape index (κ2) is 6.47. The predicted octanol–water partition coefficient (Wildman–Crippen LogP) is 4.36. The van der Waals surface area contributed by atoms with Crippen LogP contribution in [0.15, 0.2) is 34.1 Å². The molecule has 0 radical (unpaired) electrons. The molecule has 2 aromatic rings. The average Bonchev–Trinajstić information content (AvgIpc) is 2.77. The lowest BCUT2D eigenvalue weighted by molar-refractivity contribution is -0.384. The average molecular weight is 362 g/mol. The lowest BCUT2D eigenvalue weighted by Gasteiger charge is -2.05. The van der Waals surface area contributed by atoms with E-state index in [0.717, 1.165) is 9.35 Å². The molecule has 1 N–H and O–H groups in total. The highest BCUT2D eigenvalue weighted by molar-refractivity contribution is 9.11. The van der Waals surface area contributed by atoms with Crippen molar-refractivity contribution in [1.82, 2.24) is 5.32 Å². The van der Waals surface area contributed by atoms with Gasteiger partial charge in [-0.2, -0.15) is 0 Å². The zero-order chi connectivity index (χ0) is 13.8. The highest BCUT2D eigenvalue weighted by Crippen LogP contribution is 2.23. The maximum Gasteiger partial charge on any atom is 0.269 e. The Balaban J connectivity index is 1.99. The Hall–Kier alpha value is -0.950. The smallest absolute Gasteiger partial charge is 0.269 e. The fraction of sp³-hybridized carbons (Fsp3) is 0.167. The van der Waals surface area contributed by atoms with Crippen LogP contribution in [0.5, 0.6) is 0 Å². The van der Waals surface area contributed by atoms with E-state index in [-0.39, 0.29) is 5.69 Å². The van der Waals surface area contributed by atoms with Crippen LogP contribution in [0.4, 0.5) is 5.69 Å². The van der Waals surface area contributed by atoms with Gasteiger partial charge in [-0.05, 0) is 39.7 Å². The predicted molar refractivity (Wildman–Crippen MR) is 80.7 cm³/mol. The highest BCUT2D eigenvalue weighted by Gasteiger charge is 2.09. The van der Waals surface area contributed by atoms with Crippen LogP contribution in [0.1, 0.15) is 10.4 Å². The summed E-state index contributed by atoms with van der Waals surface area (Å²) in [4.78, 5) is 11.5. The first kappa shape index (κ1) is 14.5. The molecule has 0 saturated carbocycles. The van der Waals surface area contributed by atoms with E-state index in [4.69, 9.17) is 11.6 Å². The summed E-state index contributed by atoms with van der Waals surface area (Å²) in [5.74, 6) is 0. The molecule has 0 aliphatic rings. The van der Waals surface area contributed by atoms with Crippen molar-refractivity contribution in [3.63, 3.8) is 0 Å². The van der Waals surface area contributed by atoms with Crippen LogP contribution in [-0.2, 0) is 13.1 Å². The molecular formula is C12H10BrClN2O2S. The van der Waals surface area contributed by atoms with E-state index in [9.17, 15) is 10.1 Å². The number of halogens is 2. The molecule has 2 rings (SSSR count). The molecule has 4 nitrogen and oxygen atoms in total. The largest absolute Gasteiger partial charge is 0.308 e. The minimum absolute atomic E-state index is 0.0556. The highest BCUT2D eigenvalue weighted by atomic mass is 79.9. The van der Waals surface area contributed by atoms with E-state index in [2.05, 4.69) is 21.2 Å². The van der Waals surface area contributed by atoms with Crippen molar-refractivity contribution in [1.29, 1.82) is 0 Å². The lowest BCUT2D eigenvalue weighted by Crippen LogP contribution is -2.12. The molecule has 19 heavy (non-hydrogen) atoms. The first-order chi connectivity index (χ1) is 9.06. The SMILES string of the molecule is O=[N+]([O-])c1ccc(Cl)c(CNCc2ccc(Br)s2)c1. The summed E-state index contributed by atoms with van der Waals surface area (Å²) in [5.41, 5.74) is 0.784. The second-order valence-corrected chi connectivity index (χ2v) is 6.80. The van der Waals surface area contributed by atoms with Crippen molar-refractivity contribution in [2.75, 3.05) is 0 Å². The van der Waals surface area contributed by atoms with Crippen LogP contribution in [0, 0.1) is 10.1 Å². The van der Waals surface area contributed by atoms with Crippen LogP contribution in [-0.4, -0.2) is 4.92 Å². The van der Waals surface area contributed by atoms with Gasteiger partial charge in [-0.25, -0.2) is 0 Å². The number of nitrogens with one attached hydrogen (secondary N) is 1. The molecule has 7 heteroatoms. The summed E-state index contributed by atoms with van der Waals surface area (Å²) in [5, 5.41) is 14.5. The van der Waals surface area contributed by atoms with Crippen LogP contribution < -0.4 is 5.32 Å². The molecule has 0 aliphatic carbocycles. The lowest BCUT2D eigenvalue weighted by atomic mass is 10.2. The Morgan fingerprint density at radius 1 is 1.32 bits per heavy atom. The van der Waals surface area contributed by atoms with Crippen LogP contribution in [0.3, 0.4) is 0 Å². The van der Waals surface area contributed by atoms with E-state index < -0.39 is 4.92 Å². The summed E-state index contributed by atoms with van der Waals surface area (Å²) in [7, 11) is 0. The summed E-state index contributed by atoms with van der Waals surface area (Å²) in [6.45, 7) is 1.20. The van der Waals surface area contributed by atoms with E-state index in [1.54, 1.807) is 17.4 Å². The van der Waals surface area contributed by atoms with Crippen molar-refractivity contribution in [3.8, 4) is 0 Å². The molecular weight excluding hydrogens is 352 g/mol. The Morgan fingerprint density at radius 2 is 2.11 bits per heavy atom. The van der Waals surface area contributed by atoms with Crippen molar-refractivity contribution >= 4 is 44.6 Å². The molecule has 100 valence electrons. The quantitative estimate of drug-likeness (QED) is 0.636. The van der Waals surface area contributed by atoms with Crippen molar-refractivity contribution in [2.24, 2.45) is 0 Å². The monoisotopic (exact) mass is 360 g/mol. The topological polar surface area (TPSA) is 55.2 Å². The summed E-state index contributed by atoms with van der Waals surface area (Å²) < 4.78 is 1.08. The first-order valence-electron chi connectivity index (χ1n) is 5.44. The maximum atomic E-state index is 10.7. The Morgan fingerprint density at radius 3 is 2.74 bits per heavy atom. The molecule has 1 aromatic heterocycles. The maximum absolute atomic E-state index is 10.7. The number of nitro benzene ring substituents is 1. The molecule has 0 amide bonds. The van der Waals surface area contributed by atoms with Gasteiger partial charge in [0.1, 0.15) is 0 Å². The van der Waals surface area contributed by atoms with Crippen LogP contribution in [0.25, 0.3) is 0 Å². The summed E-state index contributed by atoms with van der Waals surface area (Å²) >= 11 is 11.1. The number of benzene rings is 1. The van der Waals surface area contributed by atoms with Gasteiger partial charge in [0.25, 0.3) is 5.69 Å². The fourth-order valence-corrected chi connectivity index (χ4v) is 3.21. The van der Waals surface area contributed by atoms with Crippen molar-refractivity contribution < 1.29 is 4.92 Å². The molecule has 1 heterocycles. The minimum atomic E-state index is -0.420. The number of hydrogen-bond acceptors (Lipinski definition) is 4. The van der Waals surface area contributed by atoms with Gasteiger partial charge in [-0.15, -0.1) is 11.3 Å². The normalized spacial score (nSPS) is 10.6. The van der Waals surface area contributed by atoms with E-state index in [0.29, 0.717) is 18.1 Å². The van der Waals surface area contributed by atoms with Crippen molar-refractivity contribution in [2.45, 2.75) is 13.1 Å². The number of nitro groups is 1. The van der Waals surface area contributed by atoms with Gasteiger partial charge < -0.3 is 5.32 Å². The van der Waals surface area contributed by atoms with Crippen LogP contribution >= 0.6 is 38.9 Å². The molecule has 0 aliphatic heterocycles. The van der Waals surface area contributed by atoms with E-state index >= 15 is 0 Å². The van der Waals surface area contributed by atoms with Gasteiger partial charge >= 0.3 is 0 Å². The Bertz CT molecular complexity index is 603. The molecule has 0 saturated heterocycles. The first-order valence-corrected chi connectivity index (χ1v) is 7.43. The van der Waals surface area contributed by atoms with E-state index in [1.807, 2.05) is 12.1 Å². The molecule has 0 atom stereocenters. The Kier molecular flexibility index (Phi) is 4.93. The standard InChI is InChI=1S/C12H10BrClN2O2S/c13-12-4-2-10(19-12)7-15-6-8-5-9(16(17)18)1-3-11(8)14/h1-5,15H,6-7H2. The zero-order valence-corrected chi connectivity index (χ0v) is 12.9. The molecule has 0 spiro atoms. The van der Waals surface area contributed by atoms with Gasteiger partial charge in [0, 0.05) is 35.1 Å². The zero-order valence-electron chi connectivity index (χ0n) is 9.73. The number of hydrogen-bond donors (Lipinski definition) is 1. The fourth-order valence-electron chi connectivity index (χ4n) is 1.58. The van der Waals surface area contributed by atoms with Gasteiger partial charge in [-0.1, -0.05) is 11.6 Å². The van der Waals surface area contributed by atoms with E-state index in [1.165, 1.54) is 17.0 Å².